The summed E-state index contributed by atoms with van der Waals surface area (Å²) in [6.45, 7) is 7.01. The normalized spacial score (nSPS) is 14.6. The molecule has 96 valence electrons. The van der Waals surface area contributed by atoms with E-state index in [4.69, 9.17) is 10.6 Å². The van der Waals surface area contributed by atoms with Crippen LogP contribution in [0.25, 0.3) is 0 Å². The summed E-state index contributed by atoms with van der Waals surface area (Å²) in [4.78, 5) is 0. The van der Waals surface area contributed by atoms with Crippen LogP contribution in [0.5, 0.6) is 0 Å². The second-order valence-electron chi connectivity index (χ2n) is 4.28. The Morgan fingerprint density at radius 2 is 2.00 bits per heavy atom. The minimum Gasteiger partial charge on any atom is -0.376 e. The van der Waals surface area contributed by atoms with E-state index in [1.165, 1.54) is 11.1 Å². The van der Waals surface area contributed by atoms with Crippen LogP contribution in [0, 0.1) is 6.92 Å². The summed E-state index contributed by atoms with van der Waals surface area (Å²) in [7, 11) is 0. The second-order valence-corrected chi connectivity index (χ2v) is 4.28. The quantitative estimate of drug-likeness (QED) is 0.565. The Labute approximate surface area is 104 Å². The van der Waals surface area contributed by atoms with Crippen LogP contribution >= 0.6 is 0 Å². The minimum absolute atomic E-state index is 0.0658. The third-order valence-corrected chi connectivity index (χ3v) is 3.03. The topological polar surface area (TPSA) is 47.3 Å². The molecule has 0 bridgehead atoms. The molecule has 0 saturated heterocycles. The molecule has 0 amide bonds. The molecule has 0 aromatic heterocycles. The highest BCUT2D eigenvalue weighted by molar-refractivity contribution is 5.29. The molecule has 2 unspecified atom stereocenters. The van der Waals surface area contributed by atoms with Gasteiger partial charge in [0, 0.05) is 6.61 Å². The van der Waals surface area contributed by atoms with Crippen molar-refractivity contribution in [1.82, 2.24) is 5.43 Å². The number of ether oxygens (including phenoxy) is 1. The Morgan fingerprint density at radius 3 is 2.53 bits per heavy atom. The highest BCUT2D eigenvalue weighted by Gasteiger charge is 2.22. The largest absolute Gasteiger partial charge is 0.376 e. The zero-order valence-electron chi connectivity index (χ0n) is 11.1. The predicted octanol–water partition coefficient (Wildman–Crippen LogP) is 2.70. The van der Waals surface area contributed by atoms with E-state index in [1.807, 2.05) is 19.1 Å². The zero-order chi connectivity index (χ0) is 12.7. The lowest BCUT2D eigenvalue weighted by Gasteiger charge is -2.27. The van der Waals surface area contributed by atoms with Gasteiger partial charge < -0.3 is 4.74 Å². The van der Waals surface area contributed by atoms with Gasteiger partial charge in [-0.2, -0.15) is 0 Å². The molecule has 0 fully saturated rings. The van der Waals surface area contributed by atoms with E-state index in [0.29, 0.717) is 6.61 Å². The molecule has 0 radical (unpaired) electrons. The second kappa shape index (κ2) is 7.43. The van der Waals surface area contributed by atoms with Gasteiger partial charge in [-0.15, -0.1) is 0 Å². The summed E-state index contributed by atoms with van der Waals surface area (Å²) in [6.07, 6.45) is 2.24. The Kier molecular flexibility index (Phi) is 6.19. The van der Waals surface area contributed by atoms with Crippen LogP contribution in [0.1, 0.15) is 43.9 Å². The smallest absolute Gasteiger partial charge is 0.0782 e. The zero-order valence-corrected chi connectivity index (χ0v) is 11.1. The molecule has 1 aromatic rings. The van der Waals surface area contributed by atoms with Gasteiger partial charge in [0.15, 0.2) is 0 Å². The number of hydrazine groups is 1. The molecule has 0 aliphatic rings. The number of hydrogen-bond donors (Lipinski definition) is 2. The van der Waals surface area contributed by atoms with Crippen molar-refractivity contribution in [2.75, 3.05) is 6.61 Å². The van der Waals surface area contributed by atoms with Gasteiger partial charge >= 0.3 is 0 Å². The van der Waals surface area contributed by atoms with Crippen LogP contribution in [0.4, 0.5) is 0 Å². The fourth-order valence-corrected chi connectivity index (χ4v) is 2.18. The van der Waals surface area contributed by atoms with Crippen molar-refractivity contribution in [3.63, 3.8) is 0 Å². The molecule has 3 nitrogen and oxygen atoms in total. The summed E-state index contributed by atoms with van der Waals surface area (Å²) in [5.41, 5.74) is 5.37. The maximum absolute atomic E-state index is 5.80. The van der Waals surface area contributed by atoms with Gasteiger partial charge in [-0.05, 0) is 31.4 Å². The summed E-state index contributed by atoms with van der Waals surface area (Å²) >= 11 is 0. The van der Waals surface area contributed by atoms with Crippen molar-refractivity contribution in [3.05, 3.63) is 35.4 Å². The predicted molar refractivity (Wildman–Crippen MR) is 71.6 cm³/mol. The lowest BCUT2D eigenvalue weighted by Crippen LogP contribution is -2.38. The van der Waals surface area contributed by atoms with E-state index in [1.54, 1.807) is 0 Å². The first-order valence-corrected chi connectivity index (χ1v) is 6.37. The van der Waals surface area contributed by atoms with Crippen LogP contribution in [0.3, 0.4) is 0 Å². The number of hydrogen-bond acceptors (Lipinski definition) is 3. The molecule has 17 heavy (non-hydrogen) atoms. The van der Waals surface area contributed by atoms with Gasteiger partial charge in [-0.1, -0.05) is 37.6 Å². The molecule has 0 saturated carbocycles. The van der Waals surface area contributed by atoms with E-state index in [2.05, 4.69) is 31.4 Å². The lowest BCUT2D eigenvalue weighted by molar-refractivity contribution is 0.0274. The molecule has 1 aromatic carbocycles. The van der Waals surface area contributed by atoms with Crippen LogP contribution < -0.4 is 11.3 Å². The summed E-state index contributed by atoms with van der Waals surface area (Å²) in [6, 6.07) is 8.37. The van der Waals surface area contributed by atoms with Crippen molar-refractivity contribution < 1.29 is 4.74 Å². The Hall–Kier alpha value is -0.900. The SMILES string of the molecule is CCCC(OCC)C(NN)c1ccccc1C. The van der Waals surface area contributed by atoms with Crippen LogP contribution in [0.2, 0.25) is 0 Å². The van der Waals surface area contributed by atoms with Crippen molar-refractivity contribution in [2.45, 2.75) is 45.8 Å². The van der Waals surface area contributed by atoms with E-state index < -0.39 is 0 Å². The van der Waals surface area contributed by atoms with E-state index in [-0.39, 0.29) is 12.1 Å². The first-order valence-electron chi connectivity index (χ1n) is 6.37. The number of benzene rings is 1. The van der Waals surface area contributed by atoms with Crippen LogP contribution in [0.15, 0.2) is 24.3 Å². The van der Waals surface area contributed by atoms with E-state index in [9.17, 15) is 0 Å². The summed E-state index contributed by atoms with van der Waals surface area (Å²) < 4.78 is 5.80. The average Bonchev–Trinajstić information content (AvgIpc) is 2.33. The van der Waals surface area contributed by atoms with Crippen molar-refractivity contribution in [1.29, 1.82) is 0 Å². The fraction of sp³-hybridized carbons (Fsp3) is 0.571. The molecule has 0 aliphatic carbocycles. The molecule has 3 heteroatoms. The maximum Gasteiger partial charge on any atom is 0.0782 e. The third-order valence-electron chi connectivity index (χ3n) is 3.03. The van der Waals surface area contributed by atoms with Crippen LogP contribution in [-0.2, 0) is 4.74 Å². The third kappa shape index (κ3) is 3.80. The Morgan fingerprint density at radius 1 is 1.29 bits per heavy atom. The summed E-state index contributed by atoms with van der Waals surface area (Å²) in [5.74, 6) is 5.71. The number of nitrogens with one attached hydrogen (secondary N) is 1. The molecule has 0 spiro atoms. The van der Waals surface area contributed by atoms with Crippen molar-refractivity contribution in [2.24, 2.45) is 5.84 Å². The van der Waals surface area contributed by atoms with Gasteiger partial charge in [0.25, 0.3) is 0 Å². The average molecular weight is 236 g/mol. The number of nitrogens with two attached hydrogens (primary N) is 1. The lowest BCUT2D eigenvalue weighted by atomic mass is 9.95. The Balaban J connectivity index is 2.91. The first kappa shape index (κ1) is 14.2. The van der Waals surface area contributed by atoms with Gasteiger partial charge in [-0.3, -0.25) is 11.3 Å². The molecule has 0 heterocycles. The van der Waals surface area contributed by atoms with Gasteiger partial charge in [0.05, 0.1) is 12.1 Å². The molecule has 0 aliphatic heterocycles. The van der Waals surface area contributed by atoms with E-state index in [0.717, 1.165) is 12.8 Å². The molecule has 1 rings (SSSR count). The molecular formula is C14H24N2O. The van der Waals surface area contributed by atoms with Gasteiger partial charge in [0.2, 0.25) is 0 Å². The monoisotopic (exact) mass is 236 g/mol. The molecule has 2 atom stereocenters. The van der Waals surface area contributed by atoms with Crippen molar-refractivity contribution >= 4 is 0 Å². The van der Waals surface area contributed by atoms with Gasteiger partial charge in [0.1, 0.15) is 0 Å². The van der Waals surface area contributed by atoms with Crippen LogP contribution in [-0.4, -0.2) is 12.7 Å². The van der Waals surface area contributed by atoms with Crippen molar-refractivity contribution in [3.8, 4) is 0 Å². The highest BCUT2D eigenvalue weighted by Crippen LogP contribution is 2.24. The number of rotatable bonds is 7. The van der Waals surface area contributed by atoms with Gasteiger partial charge in [-0.25, -0.2) is 0 Å². The summed E-state index contributed by atoms with van der Waals surface area (Å²) in [5, 5.41) is 0. The van der Waals surface area contributed by atoms with E-state index >= 15 is 0 Å². The first-order chi connectivity index (χ1) is 8.24. The fourth-order valence-electron chi connectivity index (χ4n) is 2.18. The standard InChI is InChI=1S/C14H24N2O/c1-4-8-13(17-5-2)14(16-15)12-10-7-6-9-11(12)3/h6-7,9-10,13-14,16H,4-5,8,15H2,1-3H3. The Bertz CT molecular complexity index is 322. The molecular weight excluding hydrogens is 212 g/mol. The highest BCUT2D eigenvalue weighted by atomic mass is 16.5. The molecule has 3 N–H and O–H groups in total. The minimum atomic E-state index is 0.0658. The number of aryl methyl sites for hydroxylation is 1. The maximum atomic E-state index is 5.80.